The SMILES string of the molecule is CCc1c(C(=O)N[C@@H]2c3cccc(F)c3O[C@@H]2C)cnn1CC(C)C. The van der Waals surface area contributed by atoms with Gasteiger partial charge < -0.3 is 10.1 Å². The first kappa shape index (κ1) is 17.5. The van der Waals surface area contributed by atoms with Crippen molar-refractivity contribution < 1.29 is 13.9 Å². The molecule has 0 unspecified atom stereocenters. The lowest BCUT2D eigenvalue weighted by atomic mass is 10.0. The third kappa shape index (κ3) is 3.25. The van der Waals surface area contributed by atoms with Gasteiger partial charge in [0.25, 0.3) is 5.91 Å². The number of fused-ring (bicyclic) bond motifs is 1. The maximum absolute atomic E-state index is 13.9. The smallest absolute Gasteiger partial charge is 0.255 e. The van der Waals surface area contributed by atoms with Crippen LogP contribution in [0.25, 0.3) is 0 Å². The molecule has 0 radical (unpaired) electrons. The molecule has 6 heteroatoms. The molecule has 0 aliphatic carbocycles. The number of carbonyl (C=O) groups excluding carboxylic acids is 1. The maximum Gasteiger partial charge on any atom is 0.255 e. The molecular formula is C19H24FN3O2. The summed E-state index contributed by atoms with van der Waals surface area (Å²) in [4.78, 5) is 12.8. The lowest BCUT2D eigenvalue weighted by Gasteiger charge is -2.17. The number of ether oxygens (including phenoxy) is 1. The van der Waals surface area contributed by atoms with E-state index in [1.165, 1.54) is 6.07 Å². The second-order valence-electron chi connectivity index (χ2n) is 6.87. The van der Waals surface area contributed by atoms with Gasteiger partial charge in [-0.15, -0.1) is 0 Å². The molecule has 1 amide bonds. The highest BCUT2D eigenvalue weighted by Crippen LogP contribution is 2.38. The van der Waals surface area contributed by atoms with Gasteiger partial charge in [-0.3, -0.25) is 9.48 Å². The Balaban J connectivity index is 1.84. The molecule has 1 aliphatic rings. The average Bonchev–Trinajstić information content (AvgIpc) is 3.09. The molecule has 1 N–H and O–H groups in total. The Morgan fingerprint density at radius 3 is 2.88 bits per heavy atom. The molecule has 25 heavy (non-hydrogen) atoms. The molecule has 0 saturated heterocycles. The minimum atomic E-state index is -0.403. The molecule has 2 atom stereocenters. The van der Waals surface area contributed by atoms with E-state index in [0.29, 0.717) is 17.0 Å². The van der Waals surface area contributed by atoms with E-state index in [9.17, 15) is 9.18 Å². The molecule has 2 aromatic rings. The molecule has 1 aromatic heterocycles. The first-order chi connectivity index (χ1) is 11.9. The number of hydrogen-bond acceptors (Lipinski definition) is 3. The molecule has 0 saturated carbocycles. The monoisotopic (exact) mass is 345 g/mol. The standard InChI is InChI=1S/C19H24FN3O2/c1-5-16-14(9-21-23(16)10-11(2)3)19(24)22-17-12(4)25-18-13(17)7-6-8-15(18)20/h6-9,11-12,17H,5,10H2,1-4H3,(H,22,24)/t12-,17+/m1/s1. The summed E-state index contributed by atoms with van der Waals surface area (Å²) in [5.41, 5.74) is 2.16. The second kappa shape index (κ2) is 6.86. The van der Waals surface area contributed by atoms with Gasteiger partial charge in [0.2, 0.25) is 0 Å². The number of para-hydroxylation sites is 1. The minimum absolute atomic E-state index is 0.204. The Morgan fingerprint density at radius 2 is 2.20 bits per heavy atom. The van der Waals surface area contributed by atoms with Crippen molar-refractivity contribution >= 4 is 5.91 Å². The van der Waals surface area contributed by atoms with Crippen LogP contribution in [-0.4, -0.2) is 21.8 Å². The van der Waals surface area contributed by atoms with Crippen molar-refractivity contribution in [2.75, 3.05) is 0 Å². The molecule has 1 aromatic carbocycles. The highest BCUT2D eigenvalue weighted by molar-refractivity contribution is 5.95. The van der Waals surface area contributed by atoms with Crippen molar-refractivity contribution in [1.29, 1.82) is 0 Å². The van der Waals surface area contributed by atoms with Crippen LogP contribution in [0.3, 0.4) is 0 Å². The summed E-state index contributed by atoms with van der Waals surface area (Å²) in [6.45, 7) is 8.84. The van der Waals surface area contributed by atoms with Crippen LogP contribution >= 0.6 is 0 Å². The van der Waals surface area contributed by atoms with Crippen molar-refractivity contribution in [3.8, 4) is 5.75 Å². The van der Waals surface area contributed by atoms with Gasteiger partial charge in [-0.2, -0.15) is 5.10 Å². The number of amides is 1. The fourth-order valence-corrected chi connectivity index (χ4v) is 3.29. The Morgan fingerprint density at radius 1 is 1.44 bits per heavy atom. The van der Waals surface area contributed by atoms with E-state index in [1.54, 1.807) is 18.3 Å². The zero-order chi connectivity index (χ0) is 18.1. The summed E-state index contributed by atoms with van der Waals surface area (Å²) in [6.07, 6.45) is 2.01. The minimum Gasteiger partial charge on any atom is -0.485 e. The van der Waals surface area contributed by atoms with Crippen molar-refractivity contribution in [2.45, 2.75) is 52.8 Å². The van der Waals surface area contributed by atoms with E-state index < -0.39 is 5.82 Å². The van der Waals surface area contributed by atoms with Gasteiger partial charge in [0.15, 0.2) is 11.6 Å². The Bertz CT molecular complexity index is 785. The number of aromatic nitrogens is 2. The maximum atomic E-state index is 13.9. The molecule has 134 valence electrons. The molecule has 0 bridgehead atoms. The lowest BCUT2D eigenvalue weighted by molar-refractivity contribution is 0.0906. The Hall–Kier alpha value is -2.37. The number of nitrogens with one attached hydrogen (secondary N) is 1. The predicted octanol–water partition coefficient (Wildman–Crippen LogP) is 3.49. The van der Waals surface area contributed by atoms with Crippen LogP contribution in [0.4, 0.5) is 4.39 Å². The number of hydrogen-bond donors (Lipinski definition) is 1. The molecule has 0 fully saturated rings. The number of nitrogens with zero attached hydrogens (tertiary/aromatic N) is 2. The summed E-state index contributed by atoms with van der Waals surface area (Å²) in [7, 11) is 0. The van der Waals surface area contributed by atoms with Crippen LogP contribution in [0, 0.1) is 11.7 Å². The van der Waals surface area contributed by atoms with E-state index in [1.807, 2.05) is 18.5 Å². The van der Waals surface area contributed by atoms with Crippen LogP contribution in [0.1, 0.15) is 55.4 Å². The molecule has 1 aliphatic heterocycles. The Labute approximate surface area is 147 Å². The number of benzene rings is 1. The first-order valence-electron chi connectivity index (χ1n) is 8.73. The second-order valence-corrected chi connectivity index (χ2v) is 6.87. The fourth-order valence-electron chi connectivity index (χ4n) is 3.29. The van der Waals surface area contributed by atoms with Crippen LogP contribution in [-0.2, 0) is 13.0 Å². The molecular weight excluding hydrogens is 321 g/mol. The van der Waals surface area contributed by atoms with Crippen molar-refractivity contribution in [2.24, 2.45) is 5.92 Å². The van der Waals surface area contributed by atoms with E-state index in [2.05, 4.69) is 24.3 Å². The van der Waals surface area contributed by atoms with Crippen LogP contribution < -0.4 is 10.1 Å². The third-order valence-electron chi connectivity index (χ3n) is 4.46. The van der Waals surface area contributed by atoms with E-state index in [-0.39, 0.29) is 23.8 Å². The van der Waals surface area contributed by atoms with E-state index >= 15 is 0 Å². The van der Waals surface area contributed by atoms with Crippen LogP contribution in [0.15, 0.2) is 24.4 Å². The first-order valence-corrected chi connectivity index (χ1v) is 8.73. The molecule has 2 heterocycles. The highest BCUT2D eigenvalue weighted by atomic mass is 19.1. The molecule has 0 spiro atoms. The third-order valence-corrected chi connectivity index (χ3v) is 4.46. The van der Waals surface area contributed by atoms with E-state index in [4.69, 9.17) is 4.74 Å². The zero-order valence-corrected chi connectivity index (χ0v) is 15.0. The fraction of sp³-hybridized carbons (Fsp3) is 0.474. The quantitative estimate of drug-likeness (QED) is 0.902. The van der Waals surface area contributed by atoms with Gasteiger partial charge in [-0.1, -0.05) is 32.9 Å². The number of halogens is 1. The topological polar surface area (TPSA) is 56.1 Å². The Kier molecular flexibility index (Phi) is 4.79. The summed E-state index contributed by atoms with van der Waals surface area (Å²) in [5.74, 6) is 0.0650. The van der Waals surface area contributed by atoms with E-state index in [0.717, 1.165) is 18.7 Å². The van der Waals surface area contributed by atoms with Gasteiger partial charge in [0.1, 0.15) is 6.10 Å². The molecule has 3 rings (SSSR count). The van der Waals surface area contributed by atoms with Gasteiger partial charge in [0.05, 0.1) is 23.5 Å². The summed E-state index contributed by atoms with van der Waals surface area (Å²) >= 11 is 0. The zero-order valence-electron chi connectivity index (χ0n) is 15.0. The summed E-state index contributed by atoms with van der Waals surface area (Å²) in [5, 5.41) is 7.35. The average molecular weight is 345 g/mol. The number of carbonyl (C=O) groups is 1. The predicted molar refractivity (Wildman–Crippen MR) is 93.1 cm³/mol. The van der Waals surface area contributed by atoms with Gasteiger partial charge in [0, 0.05) is 12.1 Å². The molecule has 5 nitrogen and oxygen atoms in total. The van der Waals surface area contributed by atoms with Crippen LogP contribution in [0.2, 0.25) is 0 Å². The highest BCUT2D eigenvalue weighted by Gasteiger charge is 2.35. The van der Waals surface area contributed by atoms with Crippen LogP contribution in [0.5, 0.6) is 5.75 Å². The van der Waals surface area contributed by atoms with Crippen molar-refractivity contribution in [1.82, 2.24) is 15.1 Å². The summed E-state index contributed by atoms with van der Waals surface area (Å²) < 4.78 is 21.4. The van der Waals surface area contributed by atoms with Gasteiger partial charge in [-0.05, 0) is 25.3 Å². The van der Waals surface area contributed by atoms with Gasteiger partial charge in [-0.25, -0.2) is 4.39 Å². The summed E-state index contributed by atoms with van der Waals surface area (Å²) in [6, 6.07) is 4.40. The van der Waals surface area contributed by atoms with Gasteiger partial charge >= 0.3 is 0 Å². The van der Waals surface area contributed by atoms with Crippen molar-refractivity contribution in [3.63, 3.8) is 0 Å². The number of rotatable bonds is 5. The lowest BCUT2D eigenvalue weighted by Crippen LogP contribution is -2.34. The van der Waals surface area contributed by atoms with Crippen molar-refractivity contribution in [3.05, 3.63) is 47.0 Å². The largest absolute Gasteiger partial charge is 0.485 e. The normalized spacial score (nSPS) is 19.0.